The maximum atomic E-state index is 11.1. The minimum Gasteiger partial charge on any atom is -0.505 e. The Morgan fingerprint density at radius 3 is 2.58 bits per heavy atom. The van der Waals surface area contributed by atoms with E-state index >= 15 is 0 Å². The third-order valence-electron chi connectivity index (χ3n) is 2.79. The Hall–Kier alpha value is -1.93. The smallest absolute Gasteiger partial charge is 0.469 e. The van der Waals surface area contributed by atoms with Gasteiger partial charge in [-0.1, -0.05) is 0 Å². The number of rotatable bonds is 9. The molecule has 0 aliphatic rings. The molecule has 0 unspecified atom stereocenters. The van der Waals surface area contributed by atoms with Crippen LogP contribution in [0.15, 0.2) is 11.2 Å². The molecule has 0 saturated carbocycles. The van der Waals surface area contributed by atoms with E-state index in [0.717, 1.165) is 12.4 Å². The van der Waals surface area contributed by atoms with E-state index in [1.807, 2.05) is 0 Å². The van der Waals surface area contributed by atoms with Gasteiger partial charge in [-0.3, -0.25) is 19.1 Å². The summed E-state index contributed by atoms with van der Waals surface area (Å²) >= 11 is 0. The minimum atomic E-state index is -4.89. The van der Waals surface area contributed by atoms with E-state index in [1.54, 1.807) is 0 Å². The molecule has 146 valence electrons. The van der Waals surface area contributed by atoms with E-state index in [0.29, 0.717) is 0 Å². The molecular formula is C11H15N2O11PS. The Morgan fingerprint density at radius 1 is 1.46 bits per heavy atom. The number of pyridine rings is 1. The molecule has 1 heterocycles. The van der Waals surface area contributed by atoms with Crippen LogP contribution >= 0.6 is 7.82 Å². The predicted molar refractivity (Wildman–Crippen MR) is 84.0 cm³/mol. The van der Waals surface area contributed by atoms with Crippen LogP contribution in [0, 0.1) is 6.92 Å². The molecule has 0 saturated heterocycles. The molecule has 0 amide bonds. The summed E-state index contributed by atoms with van der Waals surface area (Å²) in [7, 11) is -9.71. The first kappa shape index (κ1) is 22.1. The number of aliphatic carboxylic acids is 1. The van der Waals surface area contributed by atoms with Crippen molar-refractivity contribution in [3.05, 3.63) is 23.0 Å². The summed E-state index contributed by atoms with van der Waals surface area (Å²) in [6.45, 7) is -0.300. The lowest BCUT2D eigenvalue weighted by molar-refractivity contribution is -0.139. The maximum absolute atomic E-state index is 11.1. The number of nitrogens with zero attached hydrogens (tertiary/aromatic N) is 2. The van der Waals surface area contributed by atoms with Crippen molar-refractivity contribution in [3.8, 4) is 5.75 Å². The number of carboxylic acid groups (broad SMARTS) is 1. The molecule has 1 aromatic rings. The highest BCUT2D eigenvalue weighted by Gasteiger charge is 2.21. The Labute approximate surface area is 147 Å². The number of phosphoric ester groups is 1. The quantitative estimate of drug-likeness (QED) is 0.194. The van der Waals surface area contributed by atoms with Crippen LogP contribution in [0.3, 0.4) is 0 Å². The number of aryl methyl sites for hydroxylation is 1. The number of hydrogen-bond acceptors (Lipinski definition) is 9. The Kier molecular flexibility index (Phi) is 7.35. The summed E-state index contributed by atoms with van der Waals surface area (Å²) in [5.74, 6) is -2.05. The van der Waals surface area contributed by atoms with Crippen molar-refractivity contribution in [1.29, 1.82) is 0 Å². The van der Waals surface area contributed by atoms with E-state index in [1.165, 1.54) is 6.92 Å². The number of phosphoric acid groups is 1. The van der Waals surface area contributed by atoms with Crippen LogP contribution in [0.1, 0.15) is 16.8 Å². The van der Waals surface area contributed by atoms with E-state index in [2.05, 4.69) is 18.7 Å². The fourth-order valence-corrected chi connectivity index (χ4v) is 2.17. The highest BCUT2D eigenvalue weighted by Crippen LogP contribution is 2.37. The summed E-state index contributed by atoms with van der Waals surface area (Å²) in [5.41, 5.74) is -0.0727. The van der Waals surface area contributed by atoms with Gasteiger partial charge in [0, 0.05) is 23.5 Å². The molecule has 0 fully saturated rings. The maximum Gasteiger partial charge on any atom is 0.469 e. The standard InChI is InChI=1S/C11H15N2O11PS/c1-6-10(14)8(7(2-12-6)4-23-25(17,18)19)3-13-9(11(15)16)5-24-26(20,21)22/h2-3,9,14H,4-5H2,1H3,(H,15,16)(H2,17,18,19)(H,20,21,22)/t9-/m1/s1. The molecular weight excluding hydrogens is 399 g/mol. The van der Waals surface area contributed by atoms with Crippen LogP contribution in [-0.2, 0) is 35.1 Å². The zero-order valence-electron chi connectivity index (χ0n) is 13.1. The third-order valence-corrected chi connectivity index (χ3v) is 3.69. The number of aromatic nitrogens is 1. The predicted octanol–water partition coefficient (Wildman–Crippen LogP) is -0.604. The van der Waals surface area contributed by atoms with E-state index in [-0.39, 0.29) is 16.8 Å². The van der Waals surface area contributed by atoms with Gasteiger partial charge in [-0.25, -0.2) is 13.5 Å². The van der Waals surface area contributed by atoms with Crippen LogP contribution in [0.25, 0.3) is 0 Å². The summed E-state index contributed by atoms with van der Waals surface area (Å²) in [4.78, 5) is 35.8. The molecule has 0 aliphatic heterocycles. The summed E-state index contributed by atoms with van der Waals surface area (Å²) in [5, 5.41) is 19.0. The van der Waals surface area contributed by atoms with Crippen LogP contribution in [0.2, 0.25) is 0 Å². The van der Waals surface area contributed by atoms with Crippen molar-refractivity contribution >= 4 is 30.4 Å². The Bertz CT molecular complexity index is 848. The van der Waals surface area contributed by atoms with Gasteiger partial charge in [0.15, 0.2) is 6.04 Å². The van der Waals surface area contributed by atoms with Crippen molar-refractivity contribution in [3.63, 3.8) is 0 Å². The first-order valence-corrected chi connectivity index (χ1v) is 9.45. The molecule has 0 radical (unpaired) electrons. The first-order valence-electron chi connectivity index (χ1n) is 6.55. The molecule has 1 aromatic heterocycles. The fraction of sp³-hybridized carbons (Fsp3) is 0.364. The molecule has 0 spiro atoms. The van der Waals surface area contributed by atoms with Gasteiger partial charge in [-0.15, -0.1) is 0 Å². The molecule has 0 bridgehead atoms. The lowest BCUT2D eigenvalue weighted by Crippen LogP contribution is -2.26. The zero-order chi connectivity index (χ0) is 20.1. The van der Waals surface area contributed by atoms with Gasteiger partial charge in [0.2, 0.25) is 0 Å². The molecule has 1 atom stereocenters. The van der Waals surface area contributed by atoms with Gasteiger partial charge in [-0.2, -0.15) is 8.42 Å². The zero-order valence-corrected chi connectivity index (χ0v) is 14.8. The van der Waals surface area contributed by atoms with Crippen molar-refractivity contribution in [2.24, 2.45) is 4.99 Å². The molecule has 0 aromatic carbocycles. The Balaban J connectivity index is 3.14. The summed E-state index contributed by atoms with van der Waals surface area (Å²) in [6.07, 6.45) is 1.95. The number of aromatic hydroxyl groups is 1. The molecule has 1 rings (SSSR count). The SMILES string of the molecule is Cc1ncc(COP(=O)(O)O)c(C=N[C@H](COS(=O)(=O)O)C(=O)O)c1O. The van der Waals surface area contributed by atoms with E-state index in [4.69, 9.17) is 19.4 Å². The van der Waals surface area contributed by atoms with Crippen LogP contribution < -0.4 is 0 Å². The topological polar surface area (TPSA) is 213 Å². The van der Waals surface area contributed by atoms with E-state index in [9.17, 15) is 22.9 Å². The molecule has 15 heteroatoms. The molecule has 5 N–H and O–H groups in total. The van der Waals surface area contributed by atoms with Crippen LogP contribution in [-0.4, -0.2) is 62.8 Å². The van der Waals surface area contributed by atoms with Gasteiger partial charge in [0.25, 0.3) is 0 Å². The highest BCUT2D eigenvalue weighted by atomic mass is 32.3. The van der Waals surface area contributed by atoms with Gasteiger partial charge < -0.3 is 20.0 Å². The second kappa shape index (κ2) is 8.64. The lowest BCUT2D eigenvalue weighted by atomic mass is 10.1. The summed E-state index contributed by atoms with van der Waals surface area (Å²) < 4.78 is 48.5. The largest absolute Gasteiger partial charge is 0.505 e. The second-order valence-corrected chi connectivity index (χ2v) is 7.07. The number of hydrogen-bond donors (Lipinski definition) is 5. The van der Waals surface area contributed by atoms with E-state index < -0.39 is 49.2 Å². The summed E-state index contributed by atoms with van der Waals surface area (Å²) in [6, 6.07) is -1.76. The van der Waals surface area contributed by atoms with Gasteiger partial charge in [0.1, 0.15) is 12.4 Å². The number of carboxylic acids is 1. The Morgan fingerprint density at radius 2 is 2.08 bits per heavy atom. The van der Waals surface area contributed by atoms with Gasteiger partial charge >= 0.3 is 24.2 Å². The van der Waals surface area contributed by atoms with Crippen molar-refractivity contribution in [2.75, 3.05) is 6.61 Å². The van der Waals surface area contributed by atoms with Gasteiger partial charge in [-0.05, 0) is 6.92 Å². The number of carbonyl (C=O) groups is 1. The average molecular weight is 414 g/mol. The lowest BCUT2D eigenvalue weighted by Gasteiger charge is -2.11. The minimum absolute atomic E-state index is 0.0278. The molecule has 13 nitrogen and oxygen atoms in total. The van der Waals surface area contributed by atoms with Gasteiger partial charge in [0.05, 0.1) is 12.3 Å². The second-order valence-electron chi connectivity index (χ2n) is 4.74. The fourth-order valence-electron chi connectivity index (χ4n) is 1.56. The first-order chi connectivity index (χ1) is 11.8. The highest BCUT2D eigenvalue weighted by molar-refractivity contribution is 7.80. The van der Waals surface area contributed by atoms with Crippen LogP contribution in [0.4, 0.5) is 0 Å². The van der Waals surface area contributed by atoms with Crippen molar-refractivity contribution < 1.29 is 51.0 Å². The number of aliphatic imine (C=N–C) groups is 1. The van der Waals surface area contributed by atoms with Crippen molar-refractivity contribution in [1.82, 2.24) is 4.98 Å². The molecule has 26 heavy (non-hydrogen) atoms. The average Bonchev–Trinajstić information content (AvgIpc) is 2.47. The normalized spacial score (nSPS) is 13.8. The third kappa shape index (κ3) is 7.53. The van der Waals surface area contributed by atoms with Crippen LogP contribution in [0.5, 0.6) is 5.75 Å². The molecule has 0 aliphatic carbocycles. The van der Waals surface area contributed by atoms with Crippen molar-refractivity contribution in [2.45, 2.75) is 19.6 Å². The monoisotopic (exact) mass is 414 g/mol.